The zero-order valence-corrected chi connectivity index (χ0v) is 15.5. The third-order valence-electron chi connectivity index (χ3n) is 3.68. The van der Waals surface area contributed by atoms with Crippen LogP contribution in [0.2, 0.25) is 5.02 Å². The second-order valence-corrected chi connectivity index (χ2v) is 7.04. The molecule has 1 N–H and O–H groups in total. The van der Waals surface area contributed by atoms with Crippen LogP contribution in [0.15, 0.2) is 53.4 Å². The Bertz CT molecular complexity index is 926. The molecule has 8 heteroatoms. The van der Waals surface area contributed by atoms with Gasteiger partial charge in [-0.25, -0.2) is 4.79 Å². The van der Waals surface area contributed by atoms with E-state index in [4.69, 9.17) is 21.4 Å². The molecule has 3 rings (SSSR count). The molecule has 1 heterocycles. The van der Waals surface area contributed by atoms with Gasteiger partial charge in [-0.3, -0.25) is 14.5 Å². The topological polar surface area (TPSA) is 83.9 Å². The van der Waals surface area contributed by atoms with Gasteiger partial charge in [0.25, 0.3) is 11.1 Å². The van der Waals surface area contributed by atoms with Crippen molar-refractivity contribution in [3.63, 3.8) is 0 Å². The molecule has 27 heavy (non-hydrogen) atoms. The number of imide groups is 1. The molecule has 0 bridgehead atoms. The molecule has 138 valence electrons. The molecule has 1 aliphatic rings. The molecule has 0 aliphatic carbocycles. The third kappa shape index (κ3) is 4.69. The van der Waals surface area contributed by atoms with Gasteiger partial charge in [-0.2, -0.15) is 0 Å². The van der Waals surface area contributed by atoms with E-state index in [0.29, 0.717) is 16.3 Å². The zero-order valence-electron chi connectivity index (χ0n) is 13.9. The first-order valence-corrected chi connectivity index (χ1v) is 9.07. The van der Waals surface area contributed by atoms with E-state index in [1.54, 1.807) is 48.5 Å². The molecule has 0 atom stereocenters. The summed E-state index contributed by atoms with van der Waals surface area (Å²) in [4.78, 5) is 37.0. The summed E-state index contributed by atoms with van der Waals surface area (Å²) in [6.45, 7) is -0.348. The number of benzene rings is 2. The first kappa shape index (κ1) is 19.0. The number of nitrogens with zero attached hydrogens (tertiary/aromatic N) is 1. The number of aliphatic carboxylic acids is 1. The van der Waals surface area contributed by atoms with Crippen LogP contribution in [0, 0.1) is 0 Å². The summed E-state index contributed by atoms with van der Waals surface area (Å²) in [6.07, 6.45) is 1.53. The Morgan fingerprint density at radius 1 is 1.15 bits per heavy atom. The van der Waals surface area contributed by atoms with Gasteiger partial charge in [0.05, 0.1) is 11.4 Å². The van der Waals surface area contributed by atoms with Crippen LogP contribution < -0.4 is 4.74 Å². The Kier molecular flexibility index (Phi) is 5.83. The summed E-state index contributed by atoms with van der Waals surface area (Å²) >= 11 is 6.68. The number of amides is 2. The SMILES string of the molecule is O=C(O)COc1ccccc1/C=C1/SC(=O)N(Cc2ccc(Cl)cc2)C1=O. The number of para-hydroxylation sites is 1. The zero-order chi connectivity index (χ0) is 19.4. The monoisotopic (exact) mass is 403 g/mol. The van der Waals surface area contributed by atoms with Crippen LogP contribution in [-0.2, 0) is 16.1 Å². The van der Waals surface area contributed by atoms with Crippen molar-refractivity contribution in [2.75, 3.05) is 6.61 Å². The van der Waals surface area contributed by atoms with Gasteiger partial charge >= 0.3 is 5.97 Å². The van der Waals surface area contributed by atoms with E-state index < -0.39 is 18.5 Å². The molecule has 2 aromatic carbocycles. The fraction of sp³-hybridized carbons (Fsp3) is 0.105. The van der Waals surface area contributed by atoms with Crippen molar-refractivity contribution < 1.29 is 24.2 Å². The predicted molar refractivity (Wildman–Crippen MR) is 103 cm³/mol. The van der Waals surface area contributed by atoms with E-state index >= 15 is 0 Å². The number of carboxylic acid groups (broad SMARTS) is 1. The molecule has 0 spiro atoms. The molecule has 1 fully saturated rings. The van der Waals surface area contributed by atoms with Gasteiger partial charge in [0.2, 0.25) is 0 Å². The summed E-state index contributed by atoms with van der Waals surface area (Å²) in [6, 6.07) is 13.6. The molecule has 2 amide bonds. The highest BCUT2D eigenvalue weighted by molar-refractivity contribution is 8.18. The van der Waals surface area contributed by atoms with Crippen LogP contribution in [0.3, 0.4) is 0 Å². The van der Waals surface area contributed by atoms with Crippen molar-refractivity contribution in [2.45, 2.75) is 6.54 Å². The summed E-state index contributed by atoms with van der Waals surface area (Å²) < 4.78 is 5.23. The number of rotatable bonds is 6. The van der Waals surface area contributed by atoms with Crippen LogP contribution in [0.5, 0.6) is 5.75 Å². The molecule has 6 nitrogen and oxygen atoms in total. The van der Waals surface area contributed by atoms with Crippen molar-refractivity contribution in [1.82, 2.24) is 4.90 Å². The average molecular weight is 404 g/mol. The predicted octanol–water partition coefficient (Wildman–Crippen LogP) is 4.04. The van der Waals surface area contributed by atoms with Gasteiger partial charge in [0.1, 0.15) is 5.75 Å². The lowest BCUT2D eigenvalue weighted by Gasteiger charge is -2.12. The molecule has 0 saturated carbocycles. The minimum atomic E-state index is -1.10. The quantitative estimate of drug-likeness (QED) is 0.733. The number of halogens is 1. The Balaban J connectivity index is 1.80. The number of carbonyl (C=O) groups is 3. The molecule has 1 aliphatic heterocycles. The molecular weight excluding hydrogens is 390 g/mol. The lowest BCUT2D eigenvalue weighted by atomic mass is 10.1. The molecular formula is C19H14ClNO5S. The standard InChI is InChI=1S/C19H14ClNO5S/c20-14-7-5-12(6-8-14)10-21-18(24)16(27-19(21)25)9-13-3-1-2-4-15(13)26-11-17(22)23/h1-9H,10-11H2,(H,22,23)/b16-9+. The molecule has 0 aromatic heterocycles. The largest absolute Gasteiger partial charge is 0.481 e. The van der Waals surface area contributed by atoms with Crippen LogP contribution in [0.25, 0.3) is 6.08 Å². The van der Waals surface area contributed by atoms with E-state index in [-0.39, 0.29) is 16.7 Å². The Labute approximate surface area is 164 Å². The summed E-state index contributed by atoms with van der Waals surface area (Å²) in [5, 5.41) is 8.97. The van der Waals surface area contributed by atoms with Crippen LogP contribution in [0.4, 0.5) is 4.79 Å². The van der Waals surface area contributed by atoms with E-state index in [9.17, 15) is 14.4 Å². The maximum atomic E-state index is 12.6. The van der Waals surface area contributed by atoms with E-state index in [2.05, 4.69) is 0 Å². The molecule has 2 aromatic rings. The van der Waals surface area contributed by atoms with Gasteiger partial charge in [-0.05, 0) is 41.6 Å². The Morgan fingerprint density at radius 3 is 2.56 bits per heavy atom. The highest BCUT2D eigenvalue weighted by Crippen LogP contribution is 2.34. The first-order chi connectivity index (χ1) is 12.9. The fourth-order valence-corrected chi connectivity index (χ4v) is 3.38. The lowest BCUT2D eigenvalue weighted by Crippen LogP contribution is -2.27. The average Bonchev–Trinajstić information content (AvgIpc) is 2.90. The van der Waals surface area contributed by atoms with Crippen molar-refractivity contribution in [1.29, 1.82) is 0 Å². The number of ether oxygens (including phenoxy) is 1. The van der Waals surface area contributed by atoms with E-state index in [1.165, 1.54) is 6.08 Å². The van der Waals surface area contributed by atoms with E-state index in [1.807, 2.05) is 0 Å². The number of carboxylic acids is 1. The number of thioether (sulfide) groups is 1. The highest BCUT2D eigenvalue weighted by Gasteiger charge is 2.35. The van der Waals surface area contributed by atoms with Crippen molar-refractivity contribution in [3.8, 4) is 5.75 Å². The minimum absolute atomic E-state index is 0.149. The fourth-order valence-electron chi connectivity index (χ4n) is 2.42. The van der Waals surface area contributed by atoms with Crippen LogP contribution >= 0.6 is 23.4 Å². The van der Waals surface area contributed by atoms with Gasteiger partial charge in [-0.15, -0.1) is 0 Å². The lowest BCUT2D eigenvalue weighted by molar-refractivity contribution is -0.139. The van der Waals surface area contributed by atoms with E-state index in [0.717, 1.165) is 22.2 Å². The maximum Gasteiger partial charge on any atom is 0.341 e. The highest BCUT2D eigenvalue weighted by atomic mass is 35.5. The molecule has 1 saturated heterocycles. The summed E-state index contributed by atoms with van der Waals surface area (Å²) in [7, 11) is 0. The Morgan fingerprint density at radius 2 is 1.85 bits per heavy atom. The summed E-state index contributed by atoms with van der Waals surface area (Å²) in [5.41, 5.74) is 1.31. The normalized spacial score (nSPS) is 15.4. The van der Waals surface area contributed by atoms with Crippen molar-refractivity contribution >= 4 is 46.6 Å². The molecule has 0 unspecified atom stereocenters. The van der Waals surface area contributed by atoms with Gasteiger partial charge in [0, 0.05) is 10.6 Å². The van der Waals surface area contributed by atoms with Gasteiger partial charge in [0.15, 0.2) is 6.61 Å². The number of hydrogen-bond donors (Lipinski definition) is 1. The van der Waals surface area contributed by atoms with Crippen molar-refractivity contribution in [3.05, 3.63) is 69.6 Å². The van der Waals surface area contributed by atoms with Gasteiger partial charge < -0.3 is 9.84 Å². The second kappa shape index (κ2) is 8.28. The first-order valence-electron chi connectivity index (χ1n) is 7.87. The smallest absolute Gasteiger partial charge is 0.341 e. The van der Waals surface area contributed by atoms with Gasteiger partial charge in [-0.1, -0.05) is 41.9 Å². The number of carbonyl (C=O) groups excluding carboxylic acids is 2. The second-order valence-electron chi connectivity index (χ2n) is 5.61. The molecule has 0 radical (unpaired) electrons. The Hall–Kier alpha value is -2.77. The van der Waals surface area contributed by atoms with Crippen molar-refractivity contribution in [2.24, 2.45) is 0 Å². The van der Waals surface area contributed by atoms with Crippen LogP contribution in [-0.4, -0.2) is 33.7 Å². The maximum absolute atomic E-state index is 12.6. The minimum Gasteiger partial charge on any atom is -0.481 e. The number of hydrogen-bond acceptors (Lipinski definition) is 5. The van der Waals surface area contributed by atoms with Crippen LogP contribution in [0.1, 0.15) is 11.1 Å². The summed E-state index contributed by atoms with van der Waals surface area (Å²) in [5.74, 6) is -1.19. The third-order valence-corrected chi connectivity index (χ3v) is 4.84.